The van der Waals surface area contributed by atoms with Gasteiger partial charge in [0.2, 0.25) is 5.95 Å². The molecule has 23 heavy (non-hydrogen) atoms. The molecule has 0 aliphatic carbocycles. The number of hydrogen-bond donors (Lipinski definition) is 1. The first-order chi connectivity index (χ1) is 10.6. The van der Waals surface area contributed by atoms with Gasteiger partial charge in [0.1, 0.15) is 16.6 Å². The Hall–Kier alpha value is -2.35. The van der Waals surface area contributed by atoms with E-state index in [-0.39, 0.29) is 23.5 Å². The molecule has 0 aliphatic rings. The molecule has 0 radical (unpaired) electrons. The number of ether oxygens (including phenoxy) is 2. The Morgan fingerprint density at radius 1 is 1.39 bits per heavy atom. The molecule has 0 saturated carbocycles. The Bertz CT molecular complexity index is 593. The number of anilines is 2. The molecule has 1 heterocycles. The number of methoxy groups -OCH3 is 1. The van der Waals surface area contributed by atoms with Gasteiger partial charge < -0.3 is 15.2 Å². The second kappa shape index (κ2) is 7.77. The van der Waals surface area contributed by atoms with E-state index in [0.717, 1.165) is 0 Å². The number of halogens is 1. The summed E-state index contributed by atoms with van der Waals surface area (Å²) >= 11 is 5.84. The fourth-order valence-electron chi connectivity index (χ4n) is 1.46. The third kappa shape index (κ3) is 6.52. The molecular weight excluding hydrogens is 324 g/mol. The zero-order valence-corrected chi connectivity index (χ0v) is 14.1. The summed E-state index contributed by atoms with van der Waals surface area (Å²) in [4.78, 5) is 32.3. The number of amides is 1. The van der Waals surface area contributed by atoms with Crippen LogP contribution in [0.1, 0.15) is 20.8 Å². The molecule has 1 aromatic heterocycles. The number of nitrogen functional groups attached to an aromatic ring is 1. The predicted molar refractivity (Wildman–Crippen MR) is 86.2 cm³/mol. The van der Waals surface area contributed by atoms with Crippen LogP contribution in [-0.2, 0) is 14.3 Å². The second-order valence-corrected chi connectivity index (χ2v) is 5.81. The normalized spacial score (nSPS) is 11.3. The highest BCUT2D eigenvalue weighted by Gasteiger charge is 2.24. The molecule has 0 fully saturated rings. The molecule has 0 atom stereocenters. The van der Waals surface area contributed by atoms with Gasteiger partial charge in [-0.25, -0.2) is 14.6 Å². The van der Waals surface area contributed by atoms with E-state index in [9.17, 15) is 9.59 Å². The van der Waals surface area contributed by atoms with E-state index in [1.807, 2.05) is 0 Å². The Kier molecular flexibility index (Phi) is 6.32. The van der Waals surface area contributed by atoms with Gasteiger partial charge in [-0.3, -0.25) is 4.90 Å². The van der Waals surface area contributed by atoms with Crippen LogP contribution in [-0.4, -0.2) is 41.3 Å². The maximum Gasteiger partial charge on any atom is 0.416 e. The van der Waals surface area contributed by atoms with Crippen LogP contribution in [0.2, 0.25) is 5.15 Å². The number of nitrogens with two attached hydrogens (primary N) is 1. The van der Waals surface area contributed by atoms with Crippen LogP contribution in [0, 0.1) is 0 Å². The summed E-state index contributed by atoms with van der Waals surface area (Å²) in [5, 5.41) is 0.0815. The molecule has 126 valence electrons. The second-order valence-electron chi connectivity index (χ2n) is 5.42. The monoisotopic (exact) mass is 342 g/mol. The summed E-state index contributed by atoms with van der Waals surface area (Å²) in [5.41, 5.74) is 4.84. The lowest BCUT2D eigenvalue weighted by Crippen LogP contribution is -2.37. The molecule has 0 aliphatic heterocycles. The topological polar surface area (TPSA) is 108 Å². The summed E-state index contributed by atoms with van der Waals surface area (Å²) in [7, 11) is 1.25. The zero-order valence-electron chi connectivity index (χ0n) is 13.4. The first-order valence-electron chi connectivity index (χ1n) is 6.67. The Balaban J connectivity index is 3.07. The molecule has 0 spiro atoms. The van der Waals surface area contributed by atoms with Gasteiger partial charge in [-0.15, -0.1) is 0 Å². The van der Waals surface area contributed by atoms with Gasteiger partial charge in [0.05, 0.1) is 7.11 Å². The minimum atomic E-state index is -0.705. The SMILES string of the molecule is COC(=O)/C=C/CN(C(=O)OC(C)(C)C)c1cc(Cl)nc(N)n1. The van der Waals surface area contributed by atoms with Crippen molar-refractivity contribution >= 4 is 35.4 Å². The molecule has 0 saturated heterocycles. The van der Waals surface area contributed by atoms with Gasteiger partial charge in [0, 0.05) is 18.7 Å². The number of carbonyl (C=O) groups is 2. The van der Waals surface area contributed by atoms with Gasteiger partial charge in [-0.05, 0) is 20.8 Å². The van der Waals surface area contributed by atoms with Crippen LogP contribution in [0.3, 0.4) is 0 Å². The molecule has 0 unspecified atom stereocenters. The van der Waals surface area contributed by atoms with Crippen LogP contribution in [0.15, 0.2) is 18.2 Å². The minimum absolute atomic E-state index is 0.0107. The third-order valence-corrected chi connectivity index (χ3v) is 2.53. The van der Waals surface area contributed by atoms with Crippen LogP contribution in [0.4, 0.5) is 16.6 Å². The highest BCUT2D eigenvalue weighted by molar-refractivity contribution is 6.29. The van der Waals surface area contributed by atoms with Crippen molar-refractivity contribution in [3.63, 3.8) is 0 Å². The molecule has 0 aromatic carbocycles. The van der Waals surface area contributed by atoms with Crippen LogP contribution in [0.25, 0.3) is 0 Å². The Morgan fingerprint density at radius 2 is 2.04 bits per heavy atom. The lowest BCUT2D eigenvalue weighted by Gasteiger charge is -2.26. The summed E-state index contributed by atoms with van der Waals surface area (Å²) < 4.78 is 9.80. The molecule has 9 heteroatoms. The fourth-order valence-corrected chi connectivity index (χ4v) is 1.65. The number of esters is 1. The van der Waals surface area contributed by atoms with Crippen molar-refractivity contribution in [1.82, 2.24) is 9.97 Å². The van der Waals surface area contributed by atoms with E-state index >= 15 is 0 Å². The van der Waals surface area contributed by atoms with Crippen molar-refractivity contribution in [3.8, 4) is 0 Å². The van der Waals surface area contributed by atoms with Gasteiger partial charge in [0.25, 0.3) is 0 Å². The molecule has 2 N–H and O–H groups in total. The van der Waals surface area contributed by atoms with Crippen molar-refractivity contribution in [2.75, 3.05) is 24.3 Å². The molecular formula is C14H19ClN4O4. The van der Waals surface area contributed by atoms with Crippen molar-refractivity contribution in [2.45, 2.75) is 26.4 Å². The van der Waals surface area contributed by atoms with Crippen LogP contribution < -0.4 is 10.6 Å². The molecule has 8 nitrogen and oxygen atoms in total. The van der Waals surface area contributed by atoms with Gasteiger partial charge in [-0.1, -0.05) is 17.7 Å². The first kappa shape index (κ1) is 18.7. The number of carbonyl (C=O) groups excluding carboxylic acids is 2. The number of rotatable bonds is 4. The van der Waals surface area contributed by atoms with E-state index in [2.05, 4.69) is 14.7 Å². The predicted octanol–water partition coefficient (Wildman–Crippen LogP) is 2.18. The van der Waals surface area contributed by atoms with E-state index in [4.69, 9.17) is 22.1 Å². The maximum atomic E-state index is 12.3. The number of hydrogen-bond acceptors (Lipinski definition) is 7. The molecule has 0 bridgehead atoms. The molecule has 1 amide bonds. The quantitative estimate of drug-likeness (QED) is 0.507. The Morgan fingerprint density at radius 3 is 2.57 bits per heavy atom. The van der Waals surface area contributed by atoms with Crippen molar-refractivity contribution < 1.29 is 19.1 Å². The van der Waals surface area contributed by atoms with Crippen LogP contribution in [0.5, 0.6) is 0 Å². The van der Waals surface area contributed by atoms with Crippen LogP contribution >= 0.6 is 11.6 Å². The lowest BCUT2D eigenvalue weighted by atomic mass is 10.2. The number of nitrogens with zero attached hydrogens (tertiary/aromatic N) is 3. The van der Waals surface area contributed by atoms with E-state index < -0.39 is 17.7 Å². The summed E-state index contributed by atoms with van der Waals surface area (Å²) in [6.07, 6.45) is 1.95. The largest absolute Gasteiger partial charge is 0.466 e. The van der Waals surface area contributed by atoms with Crippen molar-refractivity contribution in [2.24, 2.45) is 0 Å². The smallest absolute Gasteiger partial charge is 0.416 e. The van der Waals surface area contributed by atoms with Gasteiger partial charge >= 0.3 is 12.1 Å². The first-order valence-corrected chi connectivity index (χ1v) is 7.05. The molecule has 1 rings (SSSR count). The summed E-state index contributed by atoms with van der Waals surface area (Å²) in [6, 6.07) is 1.37. The highest BCUT2D eigenvalue weighted by Crippen LogP contribution is 2.20. The summed E-state index contributed by atoms with van der Waals surface area (Å²) in [5.74, 6) is -0.473. The van der Waals surface area contributed by atoms with Crippen molar-refractivity contribution in [1.29, 1.82) is 0 Å². The standard InChI is InChI=1S/C14H19ClN4O4/c1-14(2,3)23-13(21)19(7-5-6-11(20)22-4)10-8-9(15)17-12(16)18-10/h5-6,8H,7H2,1-4H3,(H2,16,17,18)/b6-5+. The highest BCUT2D eigenvalue weighted by atomic mass is 35.5. The average molecular weight is 343 g/mol. The lowest BCUT2D eigenvalue weighted by molar-refractivity contribution is -0.134. The van der Waals surface area contributed by atoms with E-state index in [0.29, 0.717) is 0 Å². The fraction of sp³-hybridized carbons (Fsp3) is 0.429. The van der Waals surface area contributed by atoms with Crippen molar-refractivity contribution in [3.05, 3.63) is 23.4 Å². The van der Waals surface area contributed by atoms with E-state index in [1.54, 1.807) is 20.8 Å². The number of aromatic nitrogens is 2. The third-order valence-electron chi connectivity index (χ3n) is 2.33. The molecule has 1 aromatic rings. The Labute approximate surface area is 139 Å². The maximum absolute atomic E-state index is 12.3. The minimum Gasteiger partial charge on any atom is -0.466 e. The summed E-state index contributed by atoms with van der Waals surface area (Å²) in [6.45, 7) is 5.20. The zero-order chi connectivity index (χ0) is 17.6. The van der Waals surface area contributed by atoms with Gasteiger partial charge in [-0.2, -0.15) is 4.98 Å². The average Bonchev–Trinajstić information content (AvgIpc) is 2.39. The van der Waals surface area contributed by atoms with E-state index in [1.165, 1.54) is 30.2 Å². The van der Waals surface area contributed by atoms with Gasteiger partial charge in [0.15, 0.2) is 0 Å².